The molecule has 1 saturated heterocycles. The molecule has 2 atom stereocenters. The first-order valence-electron chi connectivity index (χ1n) is 13.9. The summed E-state index contributed by atoms with van der Waals surface area (Å²) in [5.74, 6) is 0.282. The summed E-state index contributed by atoms with van der Waals surface area (Å²) in [5, 5.41) is 7.28. The number of carbonyl (C=O) groups excluding carboxylic acids is 1. The highest BCUT2D eigenvalue weighted by Crippen LogP contribution is 2.31. The smallest absolute Gasteiger partial charge is 0.416 e. The molecule has 0 spiro atoms. The van der Waals surface area contributed by atoms with Crippen molar-refractivity contribution in [2.45, 2.75) is 64.9 Å². The lowest BCUT2D eigenvalue weighted by atomic mass is 9.94. The number of H-pyrrole nitrogens is 1. The average Bonchev–Trinajstić information content (AvgIpc) is 3.67. The number of nitrogens with one attached hydrogen (secondary N) is 2. The molecule has 2 unspecified atom stereocenters. The lowest BCUT2D eigenvalue weighted by molar-refractivity contribution is -0.137. The number of halogens is 3. The zero-order valence-electron chi connectivity index (χ0n) is 23.5. The molecule has 4 aromatic rings. The van der Waals surface area contributed by atoms with E-state index in [4.69, 9.17) is 4.74 Å². The molecule has 0 bridgehead atoms. The van der Waals surface area contributed by atoms with Crippen molar-refractivity contribution < 1.29 is 22.7 Å². The van der Waals surface area contributed by atoms with Crippen LogP contribution in [0, 0.1) is 5.92 Å². The van der Waals surface area contributed by atoms with E-state index in [1.54, 1.807) is 13.1 Å². The summed E-state index contributed by atoms with van der Waals surface area (Å²) < 4.78 is 49.6. The Labute approximate surface area is 238 Å². The number of carbonyl (C=O) groups is 1. The number of aromatic nitrogens is 6. The Balaban J connectivity index is 1.47. The van der Waals surface area contributed by atoms with Crippen LogP contribution < -0.4 is 21.3 Å². The lowest BCUT2D eigenvalue weighted by Crippen LogP contribution is -2.40. The number of benzene rings is 1. The van der Waals surface area contributed by atoms with Crippen molar-refractivity contribution in [3.63, 3.8) is 0 Å². The second kappa shape index (κ2) is 11.5. The number of amides is 1. The highest BCUT2D eigenvalue weighted by atomic mass is 19.4. The normalized spacial score (nSPS) is 16.2. The third-order valence-corrected chi connectivity index (χ3v) is 7.36. The number of imidazole rings is 1. The molecule has 0 saturated carbocycles. The second-order valence-corrected chi connectivity index (χ2v) is 10.5. The summed E-state index contributed by atoms with van der Waals surface area (Å²) in [4.78, 5) is 45.7. The number of aromatic amines is 1. The van der Waals surface area contributed by atoms with E-state index in [0.29, 0.717) is 43.1 Å². The number of hydrogen-bond acceptors (Lipinski definition) is 6. The summed E-state index contributed by atoms with van der Waals surface area (Å²) in [5.41, 5.74) is -0.156. The Kier molecular flexibility index (Phi) is 7.97. The Morgan fingerprint density at radius 2 is 1.76 bits per heavy atom. The third-order valence-electron chi connectivity index (χ3n) is 7.36. The molecule has 224 valence electrons. The van der Waals surface area contributed by atoms with Gasteiger partial charge in [-0.3, -0.25) is 18.7 Å². The van der Waals surface area contributed by atoms with E-state index in [0.717, 1.165) is 12.1 Å². The van der Waals surface area contributed by atoms with Gasteiger partial charge >= 0.3 is 11.9 Å². The monoisotopic (exact) mass is 587 g/mol. The maximum absolute atomic E-state index is 13.1. The Hall–Kier alpha value is -4.36. The summed E-state index contributed by atoms with van der Waals surface area (Å²) in [6.07, 6.45) is -3.21. The topological polar surface area (TPSA) is 129 Å². The standard InChI is InChI=1S/C28H32F3N7O4/c1-4-10-37-25-23(26(40)38(11-5-2)27(37)41)33-24(34-25)19-14-22(36(3)35-19)42-20(17-13-21(39)32-15-17)12-16-6-8-18(9-7-16)28(29,30)31/h6-9,14,17,20H,4-5,10-13,15H2,1-3H3,(H,32,39)(H,33,34). The number of rotatable bonds is 10. The van der Waals surface area contributed by atoms with Gasteiger partial charge in [0, 0.05) is 51.5 Å². The molecule has 42 heavy (non-hydrogen) atoms. The van der Waals surface area contributed by atoms with E-state index >= 15 is 0 Å². The van der Waals surface area contributed by atoms with E-state index in [2.05, 4.69) is 20.4 Å². The summed E-state index contributed by atoms with van der Waals surface area (Å²) in [6, 6.07) is 6.51. The Morgan fingerprint density at radius 1 is 1.07 bits per heavy atom. The van der Waals surface area contributed by atoms with E-state index in [-0.39, 0.29) is 48.2 Å². The molecule has 5 rings (SSSR count). The molecular weight excluding hydrogens is 555 g/mol. The number of fused-ring (bicyclic) bond motifs is 1. The van der Waals surface area contributed by atoms with Crippen LogP contribution in [0.4, 0.5) is 13.2 Å². The average molecular weight is 588 g/mol. The molecule has 4 heterocycles. The summed E-state index contributed by atoms with van der Waals surface area (Å²) >= 11 is 0. The van der Waals surface area contributed by atoms with Crippen LogP contribution in [0.1, 0.15) is 44.2 Å². The largest absolute Gasteiger partial charge is 0.474 e. The van der Waals surface area contributed by atoms with Crippen LogP contribution in [0.25, 0.3) is 22.7 Å². The molecule has 1 amide bonds. The fraction of sp³-hybridized carbons (Fsp3) is 0.464. The van der Waals surface area contributed by atoms with Gasteiger partial charge in [0.15, 0.2) is 11.5 Å². The number of aryl methyl sites for hydroxylation is 2. The van der Waals surface area contributed by atoms with Gasteiger partial charge < -0.3 is 15.0 Å². The van der Waals surface area contributed by atoms with Crippen molar-refractivity contribution in [1.29, 1.82) is 0 Å². The van der Waals surface area contributed by atoms with Crippen LogP contribution in [0.3, 0.4) is 0 Å². The van der Waals surface area contributed by atoms with Gasteiger partial charge in [-0.2, -0.15) is 18.3 Å². The number of hydrogen-bond donors (Lipinski definition) is 2. The highest BCUT2D eigenvalue weighted by molar-refractivity contribution is 5.78. The van der Waals surface area contributed by atoms with Gasteiger partial charge in [-0.05, 0) is 30.5 Å². The Bertz CT molecular complexity index is 1720. The van der Waals surface area contributed by atoms with Crippen molar-refractivity contribution in [2.24, 2.45) is 13.0 Å². The maximum atomic E-state index is 13.1. The van der Waals surface area contributed by atoms with Crippen molar-refractivity contribution in [3.05, 3.63) is 62.3 Å². The zero-order valence-corrected chi connectivity index (χ0v) is 23.5. The molecule has 0 aliphatic carbocycles. The van der Waals surface area contributed by atoms with Gasteiger partial charge in [0.1, 0.15) is 17.3 Å². The quantitative estimate of drug-likeness (QED) is 0.293. The fourth-order valence-electron chi connectivity index (χ4n) is 5.22. The van der Waals surface area contributed by atoms with Crippen molar-refractivity contribution in [3.8, 4) is 17.4 Å². The molecule has 2 N–H and O–H groups in total. The summed E-state index contributed by atoms with van der Waals surface area (Å²) in [7, 11) is 1.66. The molecule has 1 aliphatic rings. The van der Waals surface area contributed by atoms with E-state index in [9.17, 15) is 27.6 Å². The van der Waals surface area contributed by atoms with Gasteiger partial charge in [0.2, 0.25) is 11.8 Å². The minimum atomic E-state index is -4.44. The van der Waals surface area contributed by atoms with Gasteiger partial charge in [-0.25, -0.2) is 14.5 Å². The van der Waals surface area contributed by atoms with Crippen LogP contribution in [0.2, 0.25) is 0 Å². The number of nitrogens with zero attached hydrogens (tertiary/aromatic N) is 5. The van der Waals surface area contributed by atoms with Gasteiger partial charge in [-0.15, -0.1) is 0 Å². The molecule has 11 nitrogen and oxygen atoms in total. The maximum Gasteiger partial charge on any atom is 0.416 e. The molecule has 1 fully saturated rings. The van der Waals surface area contributed by atoms with E-state index in [1.807, 2.05) is 13.8 Å². The number of ether oxygens (including phenoxy) is 1. The van der Waals surface area contributed by atoms with Gasteiger partial charge in [0.05, 0.1) is 5.56 Å². The second-order valence-electron chi connectivity index (χ2n) is 10.5. The zero-order chi connectivity index (χ0) is 30.2. The first-order chi connectivity index (χ1) is 20.0. The number of alkyl halides is 3. The van der Waals surface area contributed by atoms with Crippen molar-refractivity contribution >= 4 is 17.1 Å². The van der Waals surface area contributed by atoms with E-state index in [1.165, 1.54) is 25.9 Å². The molecule has 3 aromatic heterocycles. The molecule has 14 heteroatoms. The van der Waals surface area contributed by atoms with Gasteiger partial charge in [0.25, 0.3) is 5.56 Å². The van der Waals surface area contributed by atoms with Gasteiger partial charge in [-0.1, -0.05) is 26.0 Å². The minimum Gasteiger partial charge on any atom is -0.474 e. The first kappa shape index (κ1) is 29.1. The van der Waals surface area contributed by atoms with Crippen LogP contribution in [-0.2, 0) is 37.5 Å². The molecule has 0 radical (unpaired) electrons. The lowest BCUT2D eigenvalue weighted by Gasteiger charge is -2.24. The predicted molar refractivity (Wildman–Crippen MR) is 148 cm³/mol. The third kappa shape index (κ3) is 5.70. The molecule has 1 aromatic carbocycles. The van der Waals surface area contributed by atoms with Crippen molar-refractivity contribution in [1.82, 2.24) is 34.2 Å². The summed E-state index contributed by atoms with van der Waals surface area (Å²) in [6.45, 7) is 4.86. The SMILES string of the molecule is CCCn1c(=O)c2[nH]c(-c3cc(OC(Cc4ccc(C(F)(F)F)cc4)C4CNC(=O)C4)n(C)n3)nc2n(CCC)c1=O. The molecule has 1 aliphatic heterocycles. The fourth-order valence-corrected chi connectivity index (χ4v) is 5.22. The van der Waals surface area contributed by atoms with Crippen LogP contribution >= 0.6 is 0 Å². The Morgan fingerprint density at radius 3 is 2.38 bits per heavy atom. The molecular formula is C28H32F3N7O4. The predicted octanol–water partition coefficient (Wildman–Crippen LogP) is 3.25. The van der Waals surface area contributed by atoms with Crippen molar-refractivity contribution in [2.75, 3.05) is 6.54 Å². The van der Waals surface area contributed by atoms with E-state index < -0.39 is 29.1 Å². The van der Waals surface area contributed by atoms with Crippen LogP contribution in [0.15, 0.2) is 39.9 Å². The first-order valence-corrected chi connectivity index (χ1v) is 13.9. The highest BCUT2D eigenvalue weighted by Gasteiger charge is 2.33. The van der Waals surface area contributed by atoms with Crippen LogP contribution in [0.5, 0.6) is 5.88 Å². The van der Waals surface area contributed by atoms with Crippen LogP contribution in [-0.4, -0.2) is 47.4 Å². The minimum absolute atomic E-state index is 0.124.